The molecule has 2 heterocycles. The first-order valence-corrected chi connectivity index (χ1v) is 7.40. The van der Waals surface area contributed by atoms with Crippen LogP contribution in [-0.4, -0.2) is 34.0 Å². The molecule has 5 heteroatoms. The third kappa shape index (κ3) is 3.34. The highest BCUT2D eigenvalue weighted by Crippen LogP contribution is 2.35. The summed E-state index contributed by atoms with van der Waals surface area (Å²) in [6.45, 7) is 4.49. The van der Waals surface area contributed by atoms with Gasteiger partial charge in [0.05, 0.1) is 5.41 Å². The van der Waals surface area contributed by atoms with Crippen molar-refractivity contribution < 1.29 is 9.90 Å². The van der Waals surface area contributed by atoms with Crippen molar-refractivity contribution in [2.75, 3.05) is 13.1 Å². The summed E-state index contributed by atoms with van der Waals surface area (Å²) in [5.74, 6) is -0.640. The minimum atomic E-state index is -0.640. The standard InChI is InChI=1S/C14H19BrN2O2/c1-2-14(13(18)19)3-5-17(6-4-14)10-11-7-12(15)9-16-8-11/h7-9H,2-6,10H2,1H3,(H,18,19). The molecular weight excluding hydrogens is 308 g/mol. The number of rotatable bonds is 4. The van der Waals surface area contributed by atoms with Gasteiger partial charge in [-0.3, -0.25) is 14.7 Å². The first-order valence-electron chi connectivity index (χ1n) is 6.61. The number of carbonyl (C=O) groups is 1. The molecule has 1 aliphatic rings. The van der Waals surface area contributed by atoms with Crippen molar-refractivity contribution in [2.24, 2.45) is 5.41 Å². The quantitative estimate of drug-likeness (QED) is 0.924. The number of aliphatic carboxylic acids is 1. The smallest absolute Gasteiger partial charge is 0.309 e. The van der Waals surface area contributed by atoms with E-state index in [2.05, 4.69) is 31.9 Å². The van der Waals surface area contributed by atoms with E-state index in [4.69, 9.17) is 0 Å². The lowest BCUT2D eigenvalue weighted by molar-refractivity contribution is -0.152. The minimum absolute atomic E-state index is 0.508. The van der Waals surface area contributed by atoms with Crippen LogP contribution in [0.2, 0.25) is 0 Å². The average molecular weight is 327 g/mol. The van der Waals surface area contributed by atoms with E-state index in [1.807, 2.05) is 13.1 Å². The summed E-state index contributed by atoms with van der Waals surface area (Å²) in [7, 11) is 0. The summed E-state index contributed by atoms with van der Waals surface area (Å²) in [4.78, 5) is 17.8. The molecule has 0 atom stereocenters. The Morgan fingerprint density at radius 3 is 2.68 bits per heavy atom. The monoisotopic (exact) mass is 326 g/mol. The number of hydrogen-bond donors (Lipinski definition) is 1. The Hall–Kier alpha value is -0.940. The van der Waals surface area contributed by atoms with Crippen molar-refractivity contribution in [3.63, 3.8) is 0 Å². The van der Waals surface area contributed by atoms with Crippen LogP contribution in [0.3, 0.4) is 0 Å². The van der Waals surface area contributed by atoms with Crippen molar-refractivity contribution in [1.29, 1.82) is 0 Å². The highest BCUT2D eigenvalue weighted by Gasteiger charge is 2.39. The van der Waals surface area contributed by atoms with E-state index < -0.39 is 11.4 Å². The fourth-order valence-electron chi connectivity index (χ4n) is 2.66. The lowest BCUT2D eigenvalue weighted by Gasteiger charge is -2.38. The molecule has 0 aliphatic carbocycles. The summed E-state index contributed by atoms with van der Waals surface area (Å²) in [6.07, 6.45) is 5.82. The number of pyridine rings is 1. The number of hydrogen-bond acceptors (Lipinski definition) is 3. The van der Waals surface area contributed by atoms with Crippen molar-refractivity contribution in [3.05, 3.63) is 28.5 Å². The van der Waals surface area contributed by atoms with Crippen molar-refractivity contribution in [3.8, 4) is 0 Å². The maximum absolute atomic E-state index is 11.4. The first-order chi connectivity index (χ1) is 9.05. The maximum atomic E-state index is 11.4. The molecule has 2 rings (SSSR count). The summed E-state index contributed by atoms with van der Waals surface area (Å²) < 4.78 is 0.982. The van der Waals surface area contributed by atoms with Crippen molar-refractivity contribution >= 4 is 21.9 Å². The Kier molecular flexibility index (Phi) is 4.58. The predicted octanol–water partition coefficient (Wildman–Crippen LogP) is 2.92. The van der Waals surface area contributed by atoms with E-state index in [1.54, 1.807) is 6.20 Å². The van der Waals surface area contributed by atoms with Gasteiger partial charge in [0.15, 0.2) is 0 Å². The van der Waals surface area contributed by atoms with E-state index >= 15 is 0 Å². The molecule has 0 aromatic carbocycles. The minimum Gasteiger partial charge on any atom is -0.481 e. The van der Waals surface area contributed by atoms with Crippen LogP contribution in [-0.2, 0) is 11.3 Å². The van der Waals surface area contributed by atoms with Gasteiger partial charge in [-0.15, -0.1) is 0 Å². The molecule has 0 amide bonds. The largest absolute Gasteiger partial charge is 0.481 e. The van der Waals surface area contributed by atoms with Gasteiger partial charge < -0.3 is 5.11 Å². The molecule has 1 fully saturated rings. The maximum Gasteiger partial charge on any atom is 0.309 e. The van der Waals surface area contributed by atoms with Crippen LogP contribution in [0, 0.1) is 5.41 Å². The van der Waals surface area contributed by atoms with E-state index in [0.29, 0.717) is 6.42 Å². The highest BCUT2D eigenvalue weighted by molar-refractivity contribution is 9.10. The second-order valence-corrected chi connectivity index (χ2v) is 6.14. The highest BCUT2D eigenvalue weighted by atomic mass is 79.9. The Bertz CT molecular complexity index is 457. The Balaban J connectivity index is 1.95. The van der Waals surface area contributed by atoms with E-state index in [0.717, 1.165) is 42.5 Å². The zero-order valence-corrected chi connectivity index (χ0v) is 12.7. The Labute approximate surface area is 122 Å². The molecule has 0 radical (unpaired) electrons. The summed E-state index contributed by atoms with van der Waals surface area (Å²) >= 11 is 3.42. The fraction of sp³-hybridized carbons (Fsp3) is 0.571. The zero-order valence-electron chi connectivity index (χ0n) is 11.1. The third-order valence-electron chi connectivity index (χ3n) is 4.11. The Morgan fingerprint density at radius 2 is 2.16 bits per heavy atom. The molecule has 1 aliphatic heterocycles. The van der Waals surface area contributed by atoms with Gasteiger partial charge >= 0.3 is 5.97 Å². The van der Waals surface area contributed by atoms with Crippen LogP contribution in [0.1, 0.15) is 31.7 Å². The average Bonchev–Trinajstić information content (AvgIpc) is 2.39. The molecule has 0 unspecified atom stereocenters. The lowest BCUT2D eigenvalue weighted by atomic mass is 9.76. The normalized spacial score (nSPS) is 19.3. The van der Waals surface area contributed by atoms with E-state index in [-0.39, 0.29) is 0 Å². The van der Waals surface area contributed by atoms with Gasteiger partial charge in [-0.25, -0.2) is 0 Å². The van der Waals surface area contributed by atoms with Crippen molar-refractivity contribution in [1.82, 2.24) is 9.88 Å². The van der Waals surface area contributed by atoms with Crippen LogP contribution >= 0.6 is 15.9 Å². The summed E-state index contributed by atoms with van der Waals surface area (Å²) in [5.41, 5.74) is 0.653. The summed E-state index contributed by atoms with van der Waals surface area (Å²) in [6, 6.07) is 2.06. The molecule has 0 bridgehead atoms. The van der Waals surface area contributed by atoms with Crippen LogP contribution in [0.5, 0.6) is 0 Å². The number of piperidine rings is 1. The second kappa shape index (κ2) is 6.01. The van der Waals surface area contributed by atoms with Crippen LogP contribution in [0.25, 0.3) is 0 Å². The van der Waals surface area contributed by atoms with Crippen LogP contribution in [0.4, 0.5) is 0 Å². The van der Waals surface area contributed by atoms with E-state index in [1.165, 1.54) is 0 Å². The van der Waals surface area contributed by atoms with Gasteiger partial charge in [0, 0.05) is 23.4 Å². The number of nitrogens with zero attached hydrogens (tertiary/aromatic N) is 2. The number of carboxylic acid groups (broad SMARTS) is 1. The lowest BCUT2D eigenvalue weighted by Crippen LogP contribution is -2.43. The molecule has 0 saturated carbocycles. The van der Waals surface area contributed by atoms with Gasteiger partial charge in [-0.1, -0.05) is 6.92 Å². The van der Waals surface area contributed by atoms with Gasteiger partial charge in [-0.2, -0.15) is 0 Å². The third-order valence-corrected chi connectivity index (χ3v) is 4.54. The fourth-order valence-corrected chi connectivity index (χ4v) is 3.07. The second-order valence-electron chi connectivity index (χ2n) is 5.23. The predicted molar refractivity (Wildman–Crippen MR) is 76.8 cm³/mol. The first kappa shape index (κ1) is 14.5. The summed E-state index contributed by atoms with van der Waals surface area (Å²) in [5, 5.41) is 9.37. The topological polar surface area (TPSA) is 53.4 Å². The molecule has 19 heavy (non-hydrogen) atoms. The molecule has 4 nitrogen and oxygen atoms in total. The number of aromatic nitrogens is 1. The Morgan fingerprint density at radius 1 is 1.47 bits per heavy atom. The molecule has 0 spiro atoms. The number of likely N-dealkylation sites (tertiary alicyclic amines) is 1. The molecule has 1 saturated heterocycles. The molecule has 1 N–H and O–H groups in total. The number of carboxylic acids is 1. The van der Waals surface area contributed by atoms with Gasteiger partial charge in [0.1, 0.15) is 0 Å². The van der Waals surface area contributed by atoms with Crippen LogP contribution < -0.4 is 0 Å². The van der Waals surface area contributed by atoms with Gasteiger partial charge in [-0.05, 0) is 59.9 Å². The zero-order chi connectivity index (χ0) is 13.9. The van der Waals surface area contributed by atoms with E-state index in [9.17, 15) is 9.90 Å². The number of halogens is 1. The SMILES string of the molecule is CCC1(C(=O)O)CCN(Cc2cncc(Br)c2)CC1. The molecule has 1 aromatic rings. The van der Waals surface area contributed by atoms with Gasteiger partial charge in [0.2, 0.25) is 0 Å². The molecular formula is C14H19BrN2O2. The molecule has 1 aromatic heterocycles. The van der Waals surface area contributed by atoms with Crippen molar-refractivity contribution in [2.45, 2.75) is 32.7 Å². The van der Waals surface area contributed by atoms with Crippen LogP contribution in [0.15, 0.2) is 22.9 Å². The molecule has 104 valence electrons. The van der Waals surface area contributed by atoms with Gasteiger partial charge in [0.25, 0.3) is 0 Å².